The predicted molar refractivity (Wildman–Crippen MR) is 129 cm³/mol. The fourth-order valence-corrected chi connectivity index (χ4v) is 6.25. The summed E-state index contributed by atoms with van der Waals surface area (Å²) in [4.78, 5) is 29.5. The lowest BCUT2D eigenvalue weighted by Gasteiger charge is -2.36. The lowest BCUT2D eigenvalue weighted by atomic mass is 9.76. The van der Waals surface area contributed by atoms with Crippen molar-refractivity contribution in [2.24, 2.45) is 0 Å². The first kappa shape index (κ1) is 22.8. The quantitative estimate of drug-likeness (QED) is 0.664. The number of rotatable bonds is 5. The zero-order valence-corrected chi connectivity index (χ0v) is 19.7. The molecule has 1 aliphatic carbocycles. The summed E-state index contributed by atoms with van der Waals surface area (Å²) in [7, 11) is -3.54. The number of carbonyl (C=O) groups is 2. The van der Waals surface area contributed by atoms with Crippen LogP contribution in [0, 0.1) is 0 Å². The monoisotopic (exact) mass is 480 g/mol. The van der Waals surface area contributed by atoms with Crippen LogP contribution in [0.3, 0.4) is 0 Å². The molecular weight excluding hydrogens is 452 g/mol. The topological polar surface area (TPSA) is 90.0 Å². The van der Waals surface area contributed by atoms with Crippen molar-refractivity contribution >= 4 is 28.0 Å². The molecule has 1 atom stereocenters. The normalized spacial score (nSPS) is 24.1. The van der Waals surface area contributed by atoms with E-state index in [4.69, 9.17) is 0 Å². The second kappa shape index (κ2) is 8.98. The van der Waals surface area contributed by atoms with Crippen molar-refractivity contribution in [1.82, 2.24) is 19.4 Å². The molecular formula is C25H28N4O4S. The van der Waals surface area contributed by atoms with Crippen LogP contribution >= 0.6 is 0 Å². The lowest BCUT2D eigenvalue weighted by molar-refractivity contribution is -0.133. The van der Waals surface area contributed by atoms with Gasteiger partial charge in [-0.2, -0.15) is 4.31 Å². The van der Waals surface area contributed by atoms with Crippen LogP contribution in [0.1, 0.15) is 29.5 Å². The SMILES string of the molecule is O=C1NC2(CCCc3ccccc32)C(=O)N1CN1CCN(S(=O)(=O)C=Cc2ccccc2)CC1. The number of sulfonamides is 1. The first-order valence-electron chi connectivity index (χ1n) is 11.6. The van der Waals surface area contributed by atoms with Gasteiger partial charge in [-0.25, -0.2) is 18.1 Å². The van der Waals surface area contributed by atoms with Gasteiger partial charge in [-0.1, -0.05) is 54.6 Å². The van der Waals surface area contributed by atoms with Crippen molar-refractivity contribution < 1.29 is 18.0 Å². The van der Waals surface area contributed by atoms with Crippen LogP contribution in [0.25, 0.3) is 6.08 Å². The van der Waals surface area contributed by atoms with Crippen LogP contribution in [0.2, 0.25) is 0 Å². The molecule has 0 saturated carbocycles. The van der Waals surface area contributed by atoms with E-state index in [1.807, 2.05) is 59.5 Å². The Bertz CT molecular complexity index is 1220. The van der Waals surface area contributed by atoms with Crippen LogP contribution in [0.4, 0.5) is 4.79 Å². The maximum atomic E-state index is 13.5. The molecule has 0 radical (unpaired) electrons. The average molecular weight is 481 g/mol. The van der Waals surface area contributed by atoms with Gasteiger partial charge in [-0.15, -0.1) is 0 Å². The minimum absolute atomic E-state index is 0.155. The highest BCUT2D eigenvalue weighted by Gasteiger charge is 2.54. The Kier molecular flexibility index (Phi) is 6.01. The van der Waals surface area contributed by atoms with Gasteiger partial charge in [-0.3, -0.25) is 9.69 Å². The maximum Gasteiger partial charge on any atom is 0.326 e. The lowest BCUT2D eigenvalue weighted by Crippen LogP contribution is -2.52. The number of fused-ring (bicyclic) bond motifs is 2. The molecule has 178 valence electrons. The van der Waals surface area contributed by atoms with Crippen molar-refractivity contribution in [2.75, 3.05) is 32.8 Å². The molecule has 34 heavy (non-hydrogen) atoms. The number of piperazine rings is 1. The Morgan fingerprint density at radius 3 is 2.41 bits per heavy atom. The molecule has 2 fully saturated rings. The number of benzene rings is 2. The Morgan fingerprint density at radius 1 is 0.941 bits per heavy atom. The van der Waals surface area contributed by atoms with Gasteiger partial charge in [-0.05, 0) is 42.0 Å². The first-order chi connectivity index (χ1) is 16.4. The van der Waals surface area contributed by atoms with Gasteiger partial charge in [0.2, 0.25) is 10.0 Å². The summed E-state index contributed by atoms with van der Waals surface area (Å²) in [6.07, 6.45) is 3.92. The van der Waals surface area contributed by atoms with E-state index in [2.05, 4.69) is 5.32 Å². The van der Waals surface area contributed by atoms with Gasteiger partial charge in [0, 0.05) is 31.6 Å². The molecule has 2 aromatic carbocycles. The first-order valence-corrected chi connectivity index (χ1v) is 13.1. The number of nitrogens with one attached hydrogen (secondary N) is 1. The van der Waals surface area contributed by atoms with Gasteiger partial charge >= 0.3 is 6.03 Å². The highest BCUT2D eigenvalue weighted by atomic mass is 32.2. The van der Waals surface area contributed by atoms with E-state index >= 15 is 0 Å². The molecule has 3 amide bonds. The van der Waals surface area contributed by atoms with Crippen molar-refractivity contribution in [1.29, 1.82) is 0 Å². The molecule has 1 spiro atoms. The standard InChI is InChI=1S/C25H28N4O4S/c30-23-25(13-6-10-21-9-4-5-11-22(21)25)26-24(31)29(23)19-27-14-16-28(17-15-27)34(32,33)18-12-20-7-2-1-3-8-20/h1-5,7-9,11-12,18H,6,10,13-17,19H2,(H,26,31). The van der Waals surface area contributed by atoms with Crippen LogP contribution in [-0.2, 0) is 26.8 Å². The Labute approximate surface area is 199 Å². The largest absolute Gasteiger partial charge is 0.326 e. The third-order valence-corrected chi connectivity index (χ3v) is 8.48. The predicted octanol–water partition coefficient (Wildman–Crippen LogP) is 2.35. The van der Waals surface area contributed by atoms with Crippen molar-refractivity contribution in [2.45, 2.75) is 24.8 Å². The second-order valence-corrected chi connectivity index (χ2v) is 10.8. The molecule has 2 heterocycles. The fourth-order valence-electron chi connectivity index (χ4n) is 5.08. The maximum absolute atomic E-state index is 13.5. The van der Waals surface area contributed by atoms with Gasteiger partial charge in [0.05, 0.1) is 6.67 Å². The van der Waals surface area contributed by atoms with Crippen LogP contribution in [0.15, 0.2) is 60.0 Å². The van der Waals surface area contributed by atoms with Gasteiger partial charge in [0.25, 0.3) is 5.91 Å². The zero-order chi connectivity index (χ0) is 23.8. The number of aryl methyl sites for hydroxylation is 1. The molecule has 1 N–H and O–H groups in total. The van der Waals surface area contributed by atoms with Crippen molar-refractivity contribution in [3.05, 3.63) is 76.7 Å². The van der Waals surface area contributed by atoms with E-state index in [0.29, 0.717) is 32.6 Å². The number of nitrogens with zero attached hydrogens (tertiary/aromatic N) is 3. The zero-order valence-electron chi connectivity index (χ0n) is 18.9. The number of amides is 3. The third kappa shape index (κ3) is 4.15. The van der Waals surface area contributed by atoms with E-state index in [1.54, 1.807) is 6.08 Å². The summed E-state index contributed by atoms with van der Waals surface area (Å²) in [6.45, 7) is 1.65. The Balaban J connectivity index is 1.23. The van der Waals surface area contributed by atoms with Gasteiger partial charge < -0.3 is 5.32 Å². The summed E-state index contributed by atoms with van der Waals surface area (Å²) in [5.41, 5.74) is 1.83. The highest BCUT2D eigenvalue weighted by Crippen LogP contribution is 2.39. The second-order valence-electron chi connectivity index (χ2n) is 9.00. The summed E-state index contributed by atoms with van der Waals surface area (Å²) in [6, 6.07) is 16.7. The van der Waals surface area contributed by atoms with Crippen LogP contribution < -0.4 is 5.32 Å². The number of hydrogen-bond acceptors (Lipinski definition) is 5. The number of hydrogen-bond donors (Lipinski definition) is 1. The summed E-state index contributed by atoms with van der Waals surface area (Å²) < 4.78 is 26.9. The minimum atomic E-state index is -3.54. The molecule has 5 rings (SSSR count). The average Bonchev–Trinajstić information content (AvgIpc) is 3.09. The van der Waals surface area contributed by atoms with E-state index in [9.17, 15) is 18.0 Å². The Hall–Kier alpha value is -3.01. The minimum Gasteiger partial charge on any atom is -0.319 e. The number of urea groups is 1. The van der Waals surface area contributed by atoms with Crippen molar-refractivity contribution in [3.63, 3.8) is 0 Å². The smallest absolute Gasteiger partial charge is 0.319 e. The Morgan fingerprint density at radius 2 is 1.65 bits per heavy atom. The molecule has 2 saturated heterocycles. The molecule has 8 nitrogen and oxygen atoms in total. The molecule has 0 bridgehead atoms. The van der Waals surface area contributed by atoms with E-state index in [-0.39, 0.29) is 18.6 Å². The van der Waals surface area contributed by atoms with E-state index < -0.39 is 15.6 Å². The van der Waals surface area contributed by atoms with Gasteiger partial charge in [0.15, 0.2) is 0 Å². The number of imide groups is 1. The fraction of sp³-hybridized carbons (Fsp3) is 0.360. The van der Waals surface area contributed by atoms with Gasteiger partial charge in [0.1, 0.15) is 5.54 Å². The van der Waals surface area contributed by atoms with E-state index in [1.165, 1.54) is 14.6 Å². The van der Waals surface area contributed by atoms with E-state index in [0.717, 1.165) is 29.5 Å². The molecule has 0 aromatic heterocycles. The molecule has 9 heteroatoms. The summed E-state index contributed by atoms with van der Waals surface area (Å²) in [5.74, 6) is -0.217. The van der Waals surface area contributed by atoms with Crippen molar-refractivity contribution in [3.8, 4) is 0 Å². The summed E-state index contributed by atoms with van der Waals surface area (Å²) >= 11 is 0. The summed E-state index contributed by atoms with van der Waals surface area (Å²) in [5, 5.41) is 4.21. The third-order valence-electron chi connectivity index (χ3n) is 6.92. The molecule has 2 aromatic rings. The van der Waals surface area contributed by atoms with Crippen LogP contribution in [-0.4, -0.2) is 67.3 Å². The molecule has 3 aliphatic rings. The highest BCUT2D eigenvalue weighted by molar-refractivity contribution is 7.92. The number of carbonyl (C=O) groups excluding carboxylic acids is 2. The van der Waals surface area contributed by atoms with Crippen LogP contribution in [0.5, 0.6) is 0 Å². The molecule has 2 aliphatic heterocycles. The molecule has 1 unspecified atom stereocenters.